The number of oxazole rings is 1. The largest absolute Gasteiger partial charge is 0.508 e. The van der Waals surface area contributed by atoms with Gasteiger partial charge in [0.25, 0.3) is 5.91 Å². The number of phenols is 1. The number of anilines is 1. The summed E-state index contributed by atoms with van der Waals surface area (Å²) in [6.45, 7) is -0.380. The number of sulfonamides is 1. The number of aromatic nitrogens is 1. The normalized spacial score (nSPS) is 14.4. The molecule has 0 aliphatic heterocycles. The van der Waals surface area contributed by atoms with Crippen LogP contribution in [0.3, 0.4) is 0 Å². The van der Waals surface area contributed by atoms with Crippen LogP contribution in [-0.2, 0) is 16.4 Å². The highest BCUT2D eigenvalue weighted by Crippen LogP contribution is 2.17. The molecule has 156 valence electrons. The molecule has 0 saturated heterocycles. The van der Waals surface area contributed by atoms with E-state index < -0.39 is 40.1 Å². The molecule has 12 heteroatoms. The van der Waals surface area contributed by atoms with Crippen molar-refractivity contribution < 1.29 is 32.9 Å². The van der Waals surface area contributed by atoms with Crippen LogP contribution >= 0.6 is 0 Å². The van der Waals surface area contributed by atoms with Crippen molar-refractivity contribution >= 4 is 21.9 Å². The van der Waals surface area contributed by atoms with Gasteiger partial charge in [0, 0.05) is 6.54 Å². The molecule has 0 saturated carbocycles. The van der Waals surface area contributed by atoms with Crippen LogP contribution in [0.5, 0.6) is 5.75 Å². The molecule has 1 heterocycles. The van der Waals surface area contributed by atoms with E-state index in [9.17, 15) is 33.8 Å². The number of benzene rings is 1. The summed E-state index contributed by atoms with van der Waals surface area (Å²) in [4.78, 5) is 15.7. The van der Waals surface area contributed by atoms with E-state index in [1.165, 1.54) is 12.1 Å². The Morgan fingerprint density at radius 3 is 2.55 bits per heavy atom. The van der Waals surface area contributed by atoms with Gasteiger partial charge in [0.1, 0.15) is 12.0 Å². The second kappa shape index (κ2) is 9.37. The Morgan fingerprint density at radius 2 is 1.97 bits per heavy atom. The third kappa shape index (κ3) is 6.75. The van der Waals surface area contributed by atoms with E-state index in [1.54, 1.807) is 12.1 Å². The molecule has 29 heavy (non-hydrogen) atoms. The fraction of sp³-hybridized carbons (Fsp3) is 0.353. The summed E-state index contributed by atoms with van der Waals surface area (Å²) in [7, 11) is -3.62. The molecule has 0 spiro atoms. The Bertz CT molecular complexity index is 982. The van der Waals surface area contributed by atoms with Crippen LogP contribution in [0.15, 0.2) is 34.9 Å². The number of hydrogen-bond acceptors (Lipinski definition) is 9. The molecule has 1 amide bonds. The molecule has 3 unspecified atom stereocenters. The lowest BCUT2D eigenvalue weighted by Gasteiger charge is -2.22. The molecular formula is C17H20N4O7S. The first-order chi connectivity index (χ1) is 13.6. The topological polar surface area (TPSA) is 186 Å². The van der Waals surface area contributed by atoms with Gasteiger partial charge in [-0.25, -0.2) is 13.1 Å². The third-order valence-electron chi connectivity index (χ3n) is 3.85. The average molecular weight is 424 g/mol. The maximum atomic E-state index is 12.0. The standard InChI is InChI=1S/C17H20N4O7S/c1-29(26,27)21-17-20-13(9-28-17)16(25)19-8-14(23)15(24)11(7-18)6-10-2-4-12(22)5-3-10/h2-5,9,11,14-15,22-24H,6,8H2,1H3,(H,19,25)(H,20,21). The maximum absolute atomic E-state index is 12.0. The maximum Gasteiger partial charge on any atom is 0.309 e. The van der Waals surface area contributed by atoms with Gasteiger partial charge in [-0.3, -0.25) is 4.79 Å². The van der Waals surface area contributed by atoms with E-state index in [1.807, 2.05) is 10.8 Å². The minimum absolute atomic E-state index is 0.0632. The Labute approximate surface area is 166 Å². The fourth-order valence-electron chi connectivity index (χ4n) is 2.39. The molecule has 0 aliphatic carbocycles. The number of amides is 1. The Morgan fingerprint density at radius 1 is 1.31 bits per heavy atom. The van der Waals surface area contributed by atoms with Crippen molar-refractivity contribution in [3.63, 3.8) is 0 Å². The summed E-state index contributed by atoms with van der Waals surface area (Å²) in [5, 5.41) is 41.2. The number of nitriles is 1. The number of rotatable bonds is 9. The highest BCUT2D eigenvalue weighted by molar-refractivity contribution is 7.91. The number of aromatic hydroxyl groups is 1. The molecule has 0 radical (unpaired) electrons. The van der Waals surface area contributed by atoms with Crippen molar-refractivity contribution in [3.05, 3.63) is 41.8 Å². The van der Waals surface area contributed by atoms with Crippen molar-refractivity contribution in [2.45, 2.75) is 18.6 Å². The van der Waals surface area contributed by atoms with Gasteiger partial charge in [-0.05, 0) is 24.1 Å². The Hall–Kier alpha value is -3.14. The first kappa shape index (κ1) is 22.2. The molecule has 2 rings (SSSR count). The monoisotopic (exact) mass is 424 g/mol. The molecule has 0 bridgehead atoms. The van der Waals surface area contributed by atoms with Crippen molar-refractivity contribution in [2.24, 2.45) is 5.92 Å². The van der Waals surface area contributed by atoms with E-state index in [0.717, 1.165) is 12.5 Å². The number of aliphatic hydroxyl groups is 2. The second-order valence-electron chi connectivity index (χ2n) is 6.29. The summed E-state index contributed by atoms with van der Waals surface area (Å²) in [5.74, 6) is -1.66. The number of hydrogen-bond donors (Lipinski definition) is 5. The number of carbonyl (C=O) groups excluding carboxylic acids is 1. The first-order valence-electron chi connectivity index (χ1n) is 8.34. The minimum Gasteiger partial charge on any atom is -0.508 e. The number of carbonyl (C=O) groups is 1. The minimum atomic E-state index is -3.62. The molecule has 2 aromatic rings. The number of nitrogens with one attached hydrogen (secondary N) is 2. The van der Waals surface area contributed by atoms with Gasteiger partial charge >= 0.3 is 6.01 Å². The second-order valence-corrected chi connectivity index (χ2v) is 8.03. The summed E-state index contributed by atoms with van der Waals surface area (Å²) in [5.41, 5.74) is 0.442. The smallest absolute Gasteiger partial charge is 0.309 e. The van der Waals surface area contributed by atoms with Crippen LogP contribution < -0.4 is 10.0 Å². The Kier molecular flexibility index (Phi) is 7.16. The van der Waals surface area contributed by atoms with E-state index in [0.29, 0.717) is 5.56 Å². The van der Waals surface area contributed by atoms with Gasteiger partial charge in [-0.1, -0.05) is 12.1 Å². The zero-order valence-electron chi connectivity index (χ0n) is 15.3. The van der Waals surface area contributed by atoms with E-state index in [-0.39, 0.29) is 24.4 Å². The van der Waals surface area contributed by atoms with Gasteiger partial charge in [0.2, 0.25) is 10.0 Å². The Balaban J connectivity index is 1.91. The van der Waals surface area contributed by atoms with Crippen molar-refractivity contribution in [3.8, 4) is 11.8 Å². The van der Waals surface area contributed by atoms with Gasteiger partial charge in [-0.15, -0.1) is 0 Å². The van der Waals surface area contributed by atoms with Crippen molar-refractivity contribution in [1.29, 1.82) is 5.26 Å². The number of nitrogens with zero attached hydrogens (tertiary/aromatic N) is 2. The SMILES string of the molecule is CS(=O)(=O)Nc1nc(C(=O)NCC(O)C(O)C(C#N)Cc2ccc(O)cc2)co1. The summed E-state index contributed by atoms with van der Waals surface area (Å²) in [6.07, 6.45) is -0.949. The van der Waals surface area contributed by atoms with E-state index in [2.05, 4.69) is 10.3 Å². The summed E-state index contributed by atoms with van der Waals surface area (Å²) in [6, 6.07) is 7.59. The van der Waals surface area contributed by atoms with E-state index >= 15 is 0 Å². The van der Waals surface area contributed by atoms with Crippen molar-refractivity contribution in [2.75, 3.05) is 17.5 Å². The number of aliphatic hydroxyl groups excluding tert-OH is 2. The van der Waals surface area contributed by atoms with Gasteiger partial charge in [0.05, 0.1) is 30.5 Å². The molecule has 3 atom stereocenters. The predicted octanol–water partition coefficient (Wildman–Crippen LogP) is -0.414. The lowest BCUT2D eigenvalue weighted by Crippen LogP contribution is -2.42. The zero-order valence-corrected chi connectivity index (χ0v) is 16.1. The van der Waals surface area contributed by atoms with Gasteiger partial charge in [0.15, 0.2) is 5.69 Å². The molecule has 5 N–H and O–H groups in total. The quantitative estimate of drug-likeness (QED) is 0.356. The van der Waals surface area contributed by atoms with Gasteiger partial charge in [-0.2, -0.15) is 10.2 Å². The molecule has 11 nitrogen and oxygen atoms in total. The first-order valence-corrected chi connectivity index (χ1v) is 10.2. The predicted molar refractivity (Wildman–Crippen MR) is 100 cm³/mol. The highest BCUT2D eigenvalue weighted by Gasteiger charge is 2.27. The van der Waals surface area contributed by atoms with Crippen LogP contribution in [-0.4, -0.2) is 59.6 Å². The van der Waals surface area contributed by atoms with Crippen molar-refractivity contribution in [1.82, 2.24) is 10.3 Å². The average Bonchev–Trinajstić information content (AvgIpc) is 3.11. The molecular weight excluding hydrogens is 404 g/mol. The van der Waals surface area contributed by atoms with Crippen LogP contribution in [0.1, 0.15) is 16.1 Å². The molecule has 1 aromatic heterocycles. The summed E-state index contributed by atoms with van der Waals surface area (Å²) < 4.78 is 29.0. The lowest BCUT2D eigenvalue weighted by molar-refractivity contribution is -0.00203. The van der Waals surface area contributed by atoms with Crippen LogP contribution in [0.25, 0.3) is 0 Å². The third-order valence-corrected chi connectivity index (χ3v) is 4.39. The molecule has 0 aliphatic rings. The fourth-order valence-corrected chi connectivity index (χ4v) is 2.80. The molecule has 0 fully saturated rings. The van der Waals surface area contributed by atoms with Crippen LogP contribution in [0.4, 0.5) is 6.01 Å². The van der Waals surface area contributed by atoms with Crippen LogP contribution in [0, 0.1) is 17.2 Å². The van der Waals surface area contributed by atoms with Crippen LogP contribution in [0.2, 0.25) is 0 Å². The number of phenolic OH excluding ortho intramolecular Hbond substituents is 1. The summed E-state index contributed by atoms with van der Waals surface area (Å²) >= 11 is 0. The zero-order chi connectivity index (χ0) is 21.6. The molecule has 1 aromatic carbocycles. The highest BCUT2D eigenvalue weighted by atomic mass is 32.2. The van der Waals surface area contributed by atoms with Gasteiger partial charge < -0.3 is 25.1 Å². The lowest BCUT2D eigenvalue weighted by atomic mass is 9.92. The van der Waals surface area contributed by atoms with E-state index in [4.69, 9.17) is 4.42 Å².